The van der Waals surface area contributed by atoms with Crippen LogP contribution in [0.15, 0.2) is 24.3 Å². The Morgan fingerprint density at radius 3 is 2.92 bits per heavy atom. The molecule has 1 fully saturated rings. The largest absolute Gasteiger partial charge is 0.408 e. The first-order valence-electron chi connectivity index (χ1n) is 4.00. The van der Waals surface area contributed by atoms with Gasteiger partial charge in [0.15, 0.2) is 0 Å². The van der Waals surface area contributed by atoms with E-state index in [0.717, 1.165) is 5.92 Å². The van der Waals surface area contributed by atoms with Crippen LogP contribution < -0.4 is 4.52 Å². The molecule has 1 aromatic carbocycles. The Kier molecular flexibility index (Phi) is 2.09. The zero-order valence-corrected chi connectivity index (χ0v) is 7.46. The molecule has 0 amide bonds. The lowest BCUT2D eigenvalue weighted by Gasteiger charge is -1.99. The van der Waals surface area contributed by atoms with E-state index in [4.69, 9.17) is 4.52 Å². The summed E-state index contributed by atoms with van der Waals surface area (Å²) in [6.07, 6.45) is 2.55. The third kappa shape index (κ3) is 1.64. The van der Waals surface area contributed by atoms with Gasteiger partial charge in [0.1, 0.15) is 5.75 Å². The van der Waals surface area contributed by atoms with Crippen molar-refractivity contribution in [2.45, 2.75) is 18.8 Å². The average molecular weight is 180 g/mol. The lowest BCUT2D eigenvalue weighted by atomic mass is 10.1. The summed E-state index contributed by atoms with van der Waals surface area (Å²) in [5.41, 5.74) is 1.30. The molecule has 0 atom stereocenters. The minimum absolute atomic E-state index is 0.279. The Hall–Kier alpha value is -0.880. The summed E-state index contributed by atoms with van der Waals surface area (Å²) >= 11 is 0. The highest BCUT2D eigenvalue weighted by Gasteiger charge is 2.23. The molecule has 0 aromatic heterocycles. The number of benzene rings is 1. The van der Waals surface area contributed by atoms with Gasteiger partial charge in [0.25, 0.3) is 0 Å². The van der Waals surface area contributed by atoms with Gasteiger partial charge in [0.2, 0.25) is 0 Å². The van der Waals surface area contributed by atoms with Gasteiger partial charge in [-0.2, -0.15) is 0 Å². The van der Waals surface area contributed by atoms with Gasteiger partial charge in [-0.05, 0) is 36.5 Å². The molecule has 1 aromatic rings. The maximum absolute atomic E-state index is 10.1. The topological polar surface area (TPSA) is 26.3 Å². The highest BCUT2D eigenvalue weighted by Crippen LogP contribution is 2.41. The Balaban J connectivity index is 2.20. The first kappa shape index (κ1) is 7.75. The zero-order valence-electron chi connectivity index (χ0n) is 6.56. The van der Waals surface area contributed by atoms with Crippen LogP contribution in [0.5, 0.6) is 5.75 Å². The smallest absolute Gasteiger partial charge is 0.395 e. The number of rotatable bonds is 3. The van der Waals surface area contributed by atoms with Crippen LogP contribution in [-0.2, 0) is 4.57 Å². The molecule has 0 heterocycles. The van der Waals surface area contributed by atoms with Crippen LogP contribution in [-0.4, -0.2) is 0 Å². The van der Waals surface area contributed by atoms with E-state index in [0.29, 0.717) is 5.75 Å². The van der Waals surface area contributed by atoms with Crippen LogP contribution >= 0.6 is 8.69 Å². The van der Waals surface area contributed by atoms with E-state index in [1.165, 1.54) is 18.4 Å². The van der Waals surface area contributed by atoms with Crippen molar-refractivity contribution in [2.24, 2.45) is 0 Å². The molecular formula is C9H9O2P. The molecule has 0 unspecified atom stereocenters. The van der Waals surface area contributed by atoms with Crippen LogP contribution in [0.2, 0.25) is 0 Å². The number of hydrogen-bond donors (Lipinski definition) is 0. The van der Waals surface area contributed by atoms with Crippen LogP contribution in [0, 0.1) is 0 Å². The Morgan fingerprint density at radius 2 is 2.25 bits per heavy atom. The second-order valence-electron chi connectivity index (χ2n) is 3.01. The second kappa shape index (κ2) is 3.24. The van der Waals surface area contributed by atoms with Crippen molar-refractivity contribution in [3.8, 4) is 5.75 Å². The van der Waals surface area contributed by atoms with E-state index < -0.39 is 0 Å². The Labute approximate surface area is 72.8 Å². The lowest BCUT2D eigenvalue weighted by molar-refractivity contribution is 0.525. The summed E-state index contributed by atoms with van der Waals surface area (Å²) in [7, 11) is -0.279. The van der Waals surface area contributed by atoms with Gasteiger partial charge in [-0.25, -0.2) is 4.57 Å². The molecule has 3 heteroatoms. The van der Waals surface area contributed by atoms with Gasteiger partial charge in [0, 0.05) is 0 Å². The Morgan fingerprint density at radius 1 is 1.42 bits per heavy atom. The zero-order chi connectivity index (χ0) is 8.39. The van der Waals surface area contributed by atoms with E-state index in [1.54, 1.807) is 0 Å². The van der Waals surface area contributed by atoms with Crippen LogP contribution in [0.1, 0.15) is 24.3 Å². The molecule has 1 saturated carbocycles. The molecule has 1 aliphatic rings. The first-order valence-corrected chi connectivity index (χ1v) is 4.73. The van der Waals surface area contributed by atoms with Crippen molar-refractivity contribution in [1.29, 1.82) is 0 Å². The van der Waals surface area contributed by atoms with Crippen molar-refractivity contribution < 1.29 is 9.09 Å². The normalized spacial score (nSPS) is 16.3. The molecule has 2 nitrogen and oxygen atoms in total. The predicted octanol–water partition coefficient (Wildman–Crippen LogP) is 3.15. The molecule has 0 saturated heterocycles. The maximum Gasteiger partial charge on any atom is 0.395 e. The van der Waals surface area contributed by atoms with E-state index in [1.807, 2.05) is 18.2 Å². The molecule has 62 valence electrons. The standard InChI is InChI=1S/C9H9O2P/c10-12-11-9-3-1-2-8(6-9)7-4-5-7/h1-3,6-7H,4-5H2. The quantitative estimate of drug-likeness (QED) is 0.668. The fourth-order valence-electron chi connectivity index (χ4n) is 1.28. The van der Waals surface area contributed by atoms with Gasteiger partial charge >= 0.3 is 8.69 Å². The minimum atomic E-state index is -0.279. The summed E-state index contributed by atoms with van der Waals surface area (Å²) in [4.78, 5) is 0. The monoisotopic (exact) mass is 180 g/mol. The third-order valence-corrected chi connectivity index (χ3v) is 2.33. The molecule has 0 aliphatic heterocycles. The Bertz CT molecular complexity index is 294. The molecule has 0 N–H and O–H groups in total. The molecule has 0 spiro atoms. The molecular weight excluding hydrogens is 171 g/mol. The SMILES string of the molecule is O=POc1cccc(C2CC2)c1. The first-order chi connectivity index (χ1) is 5.90. The molecule has 0 bridgehead atoms. The van der Waals surface area contributed by atoms with E-state index in [-0.39, 0.29) is 8.69 Å². The van der Waals surface area contributed by atoms with Crippen LogP contribution in [0.3, 0.4) is 0 Å². The highest BCUT2D eigenvalue weighted by molar-refractivity contribution is 7.17. The van der Waals surface area contributed by atoms with E-state index in [2.05, 4.69) is 6.07 Å². The van der Waals surface area contributed by atoms with Crippen LogP contribution in [0.4, 0.5) is 0 Å². The highest BCUT2D eigenvalue weighted by atomic mass is 31.1. The average Bonchev–Trinajstić information content (AvgIpc) is 2.88. The van der Waals surface area contributed by atoms with Crippen molar-refractivity contribution >= 4 is 8.69 Å². The van der Waals surface area contributed by atoms with Gasteiger partial charge in [-0.15, -0.1) is 0 Å². The molecule has 2 rings (SSSR count). The van der Waals surface area contributed by atoms with Crippen molar-refractivity contribution in [1.82, 2.24) is 0 Å². The predicted molar refractivity (Wildman–Crippen MR) is 46.7 cm³/mol. The maximum atomic E-state index is 10.1. The minimum Gasteiger partial charge on any atom is -0.408 e. The molecule has 12 heavy (non-hydrogen) atoms. The fourth-order valence-corrected chi connectivity index (χ4v) is 1.48. The van der Waals surface area contributed by atoms with Gasteiger partial charge in [-0.3, -0.25) is 0 Å². The summed E-state index contributed by atoms with van der Waals surface area (Å²) < 4.78 is 15.0. The van der Waals surface area contributed by atoms with Gasteiger partial charge in [0.05, 0.1) is 0 Å². The third-order valence-electron chi connectivity index (χ3n) is 2.05. The summed E-state index contributed by atoms with van der Waals surface area (Å²) in [6, 6.07) is 7.81. The van der Waals surface area contributed by atoms with Crippen molar-refractivity contribution in [2.75, 3.05) is 0 Å². The molecule has 0 radical (unpaired) electrons. The van der Waals surface area contributed by atoms with Crippen molar-refractivity contribution in [3.05, 3.63) is 29.8 Å². The van der Waals surface area contributed by atoms with Crippen LogP contribution in [0.25, 0.3) is 0 Å². The fraction of sp³-hybridized carbons (Fsp3) is 0.333. The van der Waals surface area contributed by atoms with Gasteiger partial charge < -0.3 is 4.52 Å². The summed E-state index contributed by atoms with van der Waals surface area (Å²) in [6.45, 7) is 0. The van der Waals surface area contributed by atoms with Crippen molar-refractivity contribution in [3.63, 3.8) is 0 Å². The summed E-state index contributed by atoms with van der Waals surface area (Å²) in [5, 5.41) is 0. The number of hydrogen-bond acceptors (Lipinski definition) is 2. The second-order valence-corrected chi connectivity index (χ2v) is 3.34. The molecule has 1 aliphatic carbocycles. The van der Waals surface area contributed by atoms with E-state index in [9.17, 15) is 4.57 Å². The van der Waals surface area contributed by atoms with Gasteiger partial charge in [-0.1, -0.05) is 12.1 Å². The van der Waals surface area contributed by atoms with E-state index >= 15 is 0 Å². The summed E-state index contributed by atoms with van der Waals surface area (Å²) in [5.74, 6) is 1.41. The lowest BCUT2D eigenvalue weighted by Crippen LogP contribution is -1.80.